The van der Waals surface area contributed by atoms with Crippen LogP contribution in [0.3, 0.4) is 0 Å². The molecule has 216 valence electrons. The van der Waals surface area contributed by atoms with Gasteiger partial charge in [0.2, 0.25) is 13.1 Å². The molecule has 0 amide bonds. The van der Waals surface area contributed by atoms with Gasteiger partial charge >= 0.3 is 5.97 Å². The normalized spacial score (nSPS) is 25.5. The Hall–Kier alpha value is -3.77. The van der Waals surface area contributed by atoms with E-state index in [9.17, 15) is 9.90 Å². The number of aliphatic hydroxyl groups is 1. The number of methoxy groups -OCH3 is 2. The van der Waals surface area contributed by atoms with E-state index in [0.717, 1.165) is 5.56 Å². The van der Waals surface area contributed by atoms with E-state index in [1.165, 1.54) is 0 Å². The van der Waals surface area contributed by atoms with Crippen LogP contribution in [0.5, 0.6) is 28.7 Å². The minimum Gasteiger partial charge on any atom is -0.493 e. The van der Waals surface area contributed by atoms with Crippen molar-refractivity contribution in [3.63, 3.8) is 0 Å². The highest BCUT2D eigenvalue weighted by molar-refractivity contribution is 6.14. The van der Waals surface area contributed by atoms with Gasteiger partial charge in [-0.3, -0.25) is 0 Å². The number of carbonyl (C=O) groups is 1. The summed E-state index contributed by atoms with van der Waals surface area (Å²) in [4.78, 5) is 13.3. The SMILES string of the molecule is COc1cc2c(OC3CC4OC(C)(C)OC4C(CO)O3)c3c(c(-c4ccc5c(c4)OCO5)c2cc1OC)C(=O)OC3. The average molecular weight is 567 g/mol. The van der Waals surface area contributed by atoms with Crippen molar-refractivity contribution >= 4 is 16.7 Å². The maximum absolute atomic E-state index is 13.3. The lowest BCUT2D eigenvalue weighted by Gasteiger charge is -2.36. The first-order chi connectivity index (χ1) is 19.8. The van der Waals surface area contributed by atoms with Crippen LogP contribution < -0.4 is 23.7 Å². The Morgan fingerprint density at radius 2 is 1.71 bits per heavy atom. The Labute approximate surface area is 235 Å². The number of hydrogen-bond acceptors (Lipinski definition) is 11. The van der Waals surface area contributed by atoms with E-state index in [2.05, 4.69) is 0 Å². The van der Waals surface area contributed by atoms with Gasteiger partial charge < -0.3 is 47.7 Å². The quantitative estimate of drug-likeness (QED) is 0.437. The number of rotatable bonds is 6. The van der Waals surface area contributed by atoms with Crippen molar-refractivity contribution in [1.29, 1.82) is 0 Å². The van der Waals surface area contributed by atoms with Crippen LogP contribution in [-0.4, -0.2) is 69.1 Å². The fraction of sp³-hybridized carbons (Fsp3) is 0.433. The van der Waals surface area contributed by atoms with E-state index < -0.39 is 30.3 Å². The van der Waals surface area contributed by atoms with Gasteiger partial charge in [-0.25, -0.2) is 4.79 Å². The fourth-order valence-electron chi connectivity index (χ4n) is 6.13. The number of hydrogen-bond donors (Lipinski definition) is 1. The van der Waals surface area contributed by atoms with Crippen LogP contribution in [0, 0.1) is 0 Å². The highest BCUT2D eigenvalue weighted by atomic mass is 16.8. The molecule has 0 aliphatic carbocycles. The van der Waals surface area contributed by atoms with E-state index >= 15 is 0 Å². The van der Waals surface area contributed by atoms with Crippen LogP contribution in [0.25, 0.3) is 21.9 Å². The zero-order chi connectivity index (χ0) is 28.5. The summed E-state index contributed by atoms with van der Waals surface area (Å²) in [6.45, 7) is 3.53. The van der Waals surface area contributed by atoms with Crippen LogP contribution in [-0.2, 0) is 25.6 Å². The molecule has 0 bridgehead atoms. The standard InChI is InChI=1S/C30H30O11/c1-30(2)40-22-10-24(38-23(11-31)28(22)41-30)39-27-16-9-20(34-4)19(33-3)8-15(16)25(26-17(27)12-35-29(26)32)14-5-6-18-21(7-14)37-13-36-18/h5-9,22-24,28,31H,10-13H2,1-4H3. The third kappa shape index (κ3) is 4.23. The van der Waals surface area contributed by atoms with Crippen LogP contribution in [0.4, 0.5) is 0 Å². The molecule has 2 saturated heterocycles. The Morgan fingerprint density at radius 3 is 2.46 bits per heavy atom. The van der Waals surface area contributed by atoms with Crippen molar-refractivity contribution in [3.05, 3.63) is 41.5 Å². The van der Waals surface area contributed by atoms with Crippen molar-refractivity contribution in [3.8, 4) is 39.9 Å². The monoisotopic (exact) mass is 566 g/mol. The van der Waals surface area contributed by atoms with Gasteiger partial charge in [0.1, 0.15) is 24.6 Å². The van der Waals surface area contributed by atoms with Gasteiger partial charge in [-0.1, -0.05) is 6.07 Å². The number of esters is 1. The third-order valence-electron chi connectivity index (χ3n) is 7.85. The molecular weight excluding hydrogens is 536 g/mol. The minimum atomic E-state index is -0.814. The van der Waals surface area contributed by atoms with E-state index in [1.807, 2.05) is 44.2 Å². The topological polar surface area (TPSA) is 120 Å². The van der Waals surface area contributed by atoms with Crippen molar-refractivity contribution in [1.82, 2.24) is 0 Å². The number of aliphatic hydroxyl groups excluding tert-OH is 1. The summed E-state index contributed by atoms with van der Waals surface area (Å²) in [7, 11) is 3.10. The summed E-state index contributed by atoms with van der Waals surface area (Å²) in [5.74, 6) is 1.31. The molecule has 2 fully saturated rings. The molecule has 1 N–H and O–H groups in total. The summed E-state index contributed by atoms with van der Waals surface area (Å²) >= 11 is 0. The lowest BCUT2D eigenvalue weighted by atomic mass is 9.89. The van der Waals surface area contributed by atoms with E-state index in [1.54, 1.807) is 14.2 Å². The lowest BCUT2D eigenvalue weighted by Crippen LogP contribution is -2.50. The van der Waals surface area contributed by atoms with E-state index in [0.29, 0.717) is 62.6 Å². The average Bonchev–Trinajstić information content (AvgIpc) is 3.67. The molecule has 41 heavy (non-hydrogen) atoms. The van der Waals surface area contributed by atoms with Gasteiger partial charge in [-0.15, -0.1) is 0 Å². The van der Waals surface area contributed by atoms with Crippen LogP contribution in [0.2, 0.25) is 0 Å². The molecule has 4 aliphatic heterocycles. The maximum atomic E-state index is 13.3. The zero-order valence-corrected chi connectivity index (χ0v) is 23.1. The number of carbonyl (C=O) groups excluding carboxylic acids is 1. The number of fused-ring (bicyclic) bond motifs is 4. The Kier molecular flexibility index (Phi) is 6.16. The summed E-state index contributed by atoms with van der Waals surface area (Å²) in [6, 6.07) is 9.17. The molecule has 4 unspecified atom stereocenters. The summed E-state index contributed by atoms with van der Waals surface area (Å²) in [5.41, 5.74) is 2.35. The number of cyclic esters (lactones) is 1. The Bertz CT molecular complexity index is 1550. The molecule has 11 nitrogen and oxygen atoms in total. The Balaban J connectivity index is 1.40. The fourth-order valence-corrected chi connectivity index (χ4v) is 6.13. The predicted molar refractivity (Wildman–Crippen MR) is 143 cm³/mol. The van der Waals surface area contributed by atoms with Crippen molar-refractivity contribution in [2.24, 2.45) is 0 Å². The van der Waals surface area contributed by atoms with E-state index in [4.69, 9.17) is 42.6 Å². The second-order valence-electron chi connectivity index (χ2n) is 10.7. The maximum Gasteiger partial charge on any atom is 0.339 e. The number of benzene rings is 3. The van der Waals surface area contributed by atoms with Crippen molar-refractivity contribution in [2.45, 2.75) is 57.3 Å². The molecule has 7 rings (SSSR count). The molecule has 4 atom stereocenters. The molecule has 3 aromatic carbocycles. The molecule has 0 saturated carbocycles. The molecule has 0 spiro atoms. The largest absolute Gasteiger partial charge is 0.493 e. The number of ether oxygens (including phenoxy) is 9. The van der Waals surface area contributed by atoms with E-state index in [-0.39, 0.29) is 26.1 Å². The highest BCUT2D eigenvalue weighted by Gasteiger charge is 2.51. The van der Waals surface area contributed by atoms with Gasteiger partial charge in [0.15, 0.2) is 28.8 Å². The minimum absolute atomic E-state index is 0.0141. The summed E-state index contributed by atoms with van der Waals surface area (Å²) in [5, 5.41) is 11.4. The van der Waals surface area contributed by atoms with Crippen LogP contribution in [0.1, 0.15) is 36.2 Å². The highest BCUT2D eigenvalue weighted by Crippen LogP contribution is 2.50. The second kappa shape index (κ2) is 9.66. The molecule has 4 aliphatic rings. The second-order valence-corrected chi connectivity index (χ2v) is 10.7. The summed E-state index contributed by atoms with van der Waals surface area (Å²) < 4.78 is 52.8. The van der Waals surface area contributed by atoms with Gasteiger partial charge in [-0.05, 0) is 49.1 Å². The predicted octanol–water partition coefficient (Wildman–Crippen LogP) is 3.93. The van der Waals surface area contributed by atoms with Gasteiger partial charge in [0.25, 0.3) is 0 Å². The lowest BCUT2D eigenvalue weighted by molar-refractivity contribution is -0.207. The first-order valence-corrected chi connectivity index (χ1v) is 13.4. The molecule has 3 aromatic rings. The molecular formula is C30H30O11. The molecule has 11 heteroatoms. The first kappa shape index (κ1) is 26.1. The molecule has 0 aromatic heterocycles. The third-order valence-corrected chi connectivity index (χ3v) is 7.85. The zero-order valence-electron chi connectivity index (χ0n) is 23.1. The van der Waals surface area contributed by atoms with Crippen molar-refractivity contribution < 1.29 is 52.5 Å². The molecule has 0 radical (unpaired) electrons. The van der Waals surface area contributed by atoms with Gasteiger partial charge in [0.05, 0.1) is 32.5 Å². The first-order valence-electron chi connectivity index (χ1n) is 13.4. The van der Waals surface area contributed by atoms with Crippen LogP contribution in [0.15, 0.2) is 30.3 Å². The van der Waals surface area contributed by atoms with Crippen molar-refractivity contribution in [2.75, 3.05) is 27.6 Å². The molecule has 4 heterocycles. The smallest absolute Gasteiger partial charge is 0.339 e. The Morgan fingerprint density at radius 1 is 0.951 bits per heavy atom. The van der Waals surface area contributed by atoms with Gasteiger partial charge in [0, 0.05) is 22.9 Å². The van der Waals surface area contributed by atoms with Gasteiger partial charge in [-0.2, -0.15) is 0 Å². The summed E-state index contributed by atoms with van der Waals surface area (Å²) in [6.07, 6.45) is -1.87. The van der Waals surface area contributed by atoms with Crippen LogP contribution >= 0.6 is 0 Å².